The van der Waals surface area contributed by atoms with E-state index in [1.807, 2.05) is 17.5 Å². The van der Waals surface area contributed by atoms with E-state index in [0.717, 1.165) is 28.9 Å². The Morgan fingerprint density at radius 3 is 2.71 bits per heavy atom. The lowest BCUT2D eigenvalue weighted by atomic mass is 9.95. The van der Waals surface area contributed by atoms with Gasteiger partial charge >= 0.3 is 0 Å². The van der Waals surface area contributed by atoms with Gasteiger partial charge in [-0.05, 0) is 49.9 Å². The minimum absolute atomic E-state index is 0.526. The summed E-state index contributed by atoms with van der Waals surface area (Å²) in [5.41, 5.74) is 1.39. The molecule has 0 saturated heterocycles. The third kappa shape index (κ3) is 5.89. The van der Waals surface area contributed by atoms with Crippen molar-refractivity contribution < 1.29 is 0 Å². The number of hydrogen-bond acceptors (Lipinski definition) is 3. The molecule has 0 amide bonds. The molecule has 2 nitrogen and oxygen atoms in total. The van der Waals surface area contributed by atoms with Gasteiger partial charge in [-0.1, -0.05) is 41.9 Å². The molecule has 0 radical (unpaired) electrons. The van der Waals surface area contributed by atoms with Crippen LogP contribution in [0.25, 0.3) is 0 Å². The van der Waals surface area contributed by atoms with Gasteiger partial charge in [0.15, 0.2) is 0 Å². The molecule has 21 heavy (non-hydrogen) atoms. The van der Waals surface area contributed by atoms with Crippen LogP contribution in [0.15, 0.2) is 34.9 Å². The zero-order chi connectivity index (χ0) is 15.2. The fourth-order valence-corrected chi connectivity index (χ4v) is 3.76. The number of rotatable bonds is 7. The number of halogens is 1. The summed E-state index contributed by atoms with van der Waals surface area (Å²) in [6.45, 7) is 7.52. The first-order chi connectivity index (χ1) is 10.0. The van der Waals surface area contributed by atoms with Gasteiger partial charge in [-0.3, -0.25) is 0 Å². The molecule has 1 atom stereocenters. The molecular weight excluding hydrogens is 344 g/mol. The highest BCUT2D eigenvalue weighted by atomic mass is 79.9. The van der Waals surface area contributed by atoms with Gasteiger partial charge in [0.25, 0.3) is 0 Å². The zero-order valence-corrected chi connectivity index (χ0v) is 15.3. The first kappa shape index (κ1) is 16.7. The predicted octanol–water partition coefficient (Wildman–Crippen LogP) is 4.61. The van der Waals surface area contributed by atoms with Crippen molar-refractivity contribution >= 4 is 27.3 Å². The Morgan fingerprint density at radius 2 is 2.10 bits per heavy atom. The van der Waals surface area contributed by atoms with Crippen molar-refractivity contribution in [3.8, 4) is 0 Å². The van der Waals surface area contributed by atoms with Gasteiger partial charge in [-0.2, -0.15) is 0 Å². The fraction of sp³-hybridized carbons (Fsp3) is 0.471. The van der Waals surface area contributed by atoms with Gasteiger partial charge in [0.2, 0.25) is 0 Å². The lowest BCUT2D eigenvalue weighted by Gasteiger charge is -2.19. The maximum atomic E-state index is 4.38. The van der Waals surface area contributed by atoms with Gasteiger partial charge in [-0.25, -0.2) is 4.98 Å². The average molecular weight is 367 g/mol. The molecule has 1 N–H and O–H groups in total. The van der Waals surface area contributed by atoms with E-state index in [-0.39, 0.29) is 0 Å². The molecule has 1 unspecified atom stereocenters. The molecular formula is C17H23BrN2S. The van der Waals surface area contributed by atoms with Crippen molar-refractivity contribution in [1.82, 2.24) is 10.3 Å². The number of hydrogen-bond donors (Lipinski definition) is 1. The van der Waals surface area contributed by atoms with Crippen molar-refractivity contribution in [2.24, 2.45) is 5.92 Å². The maximum absolute atomic E-state index is 4.38. The standard InChI is InChI=1S/C17H23BrN2S/c1-12(2)19-10-15(9-17-11-20-13(3)21-17)7-14-5-4-6-16(18)8-14/h4-6,8,11-12,15,19H,7,9-10H2,1-3H3. The molecule has 0 fully saturated rings. The number of nitrogens with one attached hydrogen (secondary N) is 1. The highest BCUT2D eigenvalue weighted by Gasteiger charge is 2.13. The molecule has 0 aliphatic carbocycles. The quantitative estimate of drug-likeness (QED) is 0.773. The summed E-state index contributed by atoms with van der Waals surface area (Å²) < 4.78 is 1.16. The second kappa shape index (κ2) is 8.06. The number of benzene rings is 1. The summed E-state index contributed by atoms with van der Waals surface area (Å²) >= 11 is 5.38. The van der Waals surface area contributed by atoms with Crippen molar-refractivity contribution in [2.75, 3.05) is 6.54 Å². The molecule has 0 aliphatic heterocycles. The van der Waals surface area contributed by atoms with Crippen LogP contribution >= 0.6 is 27.3 Å². The van der Waals surface area contributed by atoms with Crippen molar-refractivity contribution in [2.45, 2.75) is 39.7 Å². The zero-order valence-electron chi connectivity index (χ0n) is 12.9. The van der Waals surface area contributed by atoms with Gasteiger partial charge in [0.1, 0.15) is 0 Å². The topological polar surface area (TPSA) is 24.9 Å². The van der Waals surface area contributed by atoms with E-state index < -0.39 is 0 Å². The molecule has 0 bridgehead atoms. The van der Waals surface area contributed by atoms with Gasteiger partial charge in [0.05, 0.1) is 5.01 Å². The molecule has 2 rings (SSSR count). The van der Waals surface area contributed by atoms with Gasteiger partial charge in [0, 0.05) is 21.6 Å². The minimum Gasteiger partial charge on any atom is -0.314 e. The molecule has 1 aromatic heterocycles. The van der Waals surface area contributed by atoms with Crippen LogP contribution in [0.1, 0.15) is 29.3 Å². The molecule has 2 aromatic rings. The third-order valence-corrected chi connectivity index (χ3v) is 4.82. The fourth-order valence-electron chi connectivity index (χ4n) is 2.40. The lowest BCUT2D eigenvalue weighted by Crippen LogP contribution is -2.30. The Balaban J connectivity index is 2.04. The van der Waals surface area contributed by atoms with Crippen LogP contribution in [0.2, 0.25) is 0 Å². The molecule has 0 spiro atoms. The van der Waals surface area contributed by atoms with E-state index in [9.17, 15) is 0 Å². The van der Waals surface area contributed by atoms with E-state index in [2.05, 4.69) is 71.3 Å². The van der Waals surface area contributed by atoms with E-state index >= 15 is 0 Å². The Bertz CT molecular complexity index is 565. The Kier molecular flexibility index (Phi) is 6.40. The van der Waals surface area contributed by atoms with Gasteiger partial charge < -0.3 is 5.32 Å². The van der Waals surface area contributed by atoms with Crippen molar-refractivity contribution in [3.63, 3.8) is 0 Å². The normalized spacial score (nSPS) is 12.8. The molecule has 1 aromatic carbocycles. The molecule has 0 aliphatic rings. The third-order valence-electron chi connectivity index (χ3n) is 3.39. The summed E-state index contributed by atoms with van der Waals surface area (Å²) in [4.78, 5) is 5.76. The van der Waals surface area contributed by atoms with E-state index in [0.29, 0.717) is 12.0 Å². The Hall–Kier alpha value is -0.710. The summed E-state index contributed by atoms with van der Waals surface area (Å²) in [6, 6.07) is 9.16. The number of thiazole rings is 1. The lowest BCUT2D eigenvalue weighted by molar-refractivity contribution is 0.446. The molecule has 114 valence electrons. The molecule has 4 heteroatoms. The Labute approximate surface area is 140 Å². The second-order valence-corrected chi connectivity index (χ2v) is 8.05. The summed E-state index contributed by atoms with van der Waals surface area (Å²) in [7, 11) is 0. The monoisotopic (exact) mass is 366 g/mol. The summed E-state index contributed by atoms with van der Waals surface area (Å²) in [6.07, 6.45) is 4.22. The van der Waals surface area contributed by atoms with Crippen LogP contribution in [-0.2, 0) is 12.8 Å². The first-order valence-corrected chi connectivity index (χ1v) is 9.03. The number of aromatic nitrogens is 1. The second-order valence-electron chi connectivity index (χ2n) is 5.81. The summed E-state index contributed by atoms with van der Waals surface area (Å²) in [5, 5.41) is 4.74. The Morgan fingerprint density at radius 1 is 1.29 bits per heavy atom. The number of nitrogens with zero attached hydrogens (tertiary/aromatic N) is 1. The van der Waals surface area contributed by atoms with Crippen LogP contribution in [-0.4, -0.2) is 17.6 Å². The summed E-state index contributed by atoms with van der Waals surface area (Å²) in [5.74, 6) is 0.599. The molecule has 1 heterocycles. The average Bonchev–Trinajstić information content (AvgIpc) is 2.81. The maximum Gasteiger partial charge on any atom is 0.0896 e. The van der Waals surface area contributed by atoms with Crippen LogP contribution in [0, 0.1) is 12.8 Å². The smallest absolute Gasteiger partial charge is 0.0896 e. The predicted molar refractivity (Wildman–Crippen MR) is 95.0 cm³/mol. The SMILES string of the molecule is Cc1ncc(CC(CNC(C)C)Cc2cccc(Br)c2)s1. The van der Waals surface area contributed by atoms with Crippen LogP contribution in [0.4, 0.5) is 0 Å². The van der Waals surface area contributed by atoms with Crippen LogP contribution < -0.4 is 5.32 Å². The van der Waals surface area contributed by atoms with Crippen molar-refractivity contribution in [3.05, 3.63) is 50.4 Å². The first-order valence-electron chi connectivity index (χ1n) is 7.42. The van der Waals surface area contributed by atoms with Crippen molar-refractivity contribution in [1.29, 1.82) is 0 Å². The number of aryl methyl sites for hydroxylation is 1. The van der Waals surface area contributed by atoms with Crippen LogP contribution in [0.3, 0.4) is 0 Å². The van der Waals surface area contributed by atoms with E-state index in [1.54, 1.807) is 0 Å². The van der Waals surface area contributed by atoms with E-state index in [4.69, 9.17) is 0 Å². The molecule has 0 saturated carbocycles. The van der Waals surface area contributed by atoms with Crippen LogP contribution in [0.5, 0.6) is 0 Å². The largest absolute Gasteiger partial charge is 0.314 e. The van der Waals surface area contributed by atoms with E-state index in [1.165, 1.54) is 10.4 Å². The minimum atomic E-state index is 0.526. The highest BCUT2D eigenvalue weighted by Crippen LogP contribution is 2.21. The van der Waals surface area contributed by atoms with Gasteiger partial charge in [-0.15, -0.1) is 11.3 Å². The highest BCUT2D eigenvalue weighted by molar-refractivity contribution is 9.10.